The standard InChI is InChI=1S/C10H16N2O.H2O4S/c1-7(11)9(12)10(13)8-5-3-2-4-6-8;1-5(2,3)4/h2-7,9-10,13H,11-12H2,1H3;(H2,1,2,3,4). The van der Waals surface area contributed by atoms with Gasteiger partial charge in [0.1, 0.15) is 0 Å². The third-order valence-electron chi connectivity index (χ3n) is 2.11. The summed E-state index contributed by atoms with van der Waals surface area (Å²) in [5, 5.41) is 9.75. The van der Waals surface area contributed by atoms with Crippen LogP contribution in [-0.4, -0.2) is 34.7 Å². The summed E-state index contributed by atoms with van der Waals surface area (Å²) >= 11 is 0. The van der Waals surface area contributed by atoms with Gasteiger partial charge in [0.15, 0.2) is 0 Å². The van der Waals surface area contributed by atoms with Crippen molar-refractivity contribution in [2.75, 3.05) is 0 Å². The van der Waals surface area contributed by atoms with E-state index >= 15 is 0 Å². The van der Waals surface area contributed by atoms with Gasteiger partial charge >= 0.3 is 10.4 Å². The van der Waals surface area contributed by atoms with Gasteiger partial charge < -0.3 is 16.6 Å². The molecule has 1 rings (SSSR count). The molecule has 104 valence electrons. The maximum atomic E-state index is 9.75. The third kappa shape index (κ3) is 8.12. The molecule has 3 atom stereocenters. The van der Waals surface area contributed by atoms with E-state index in [1.54, 1.807) is 6.92 Å². The monoisotopic (exact) mass is 278 g/mol. The van der Waals surface area contributed by atoms with Gasteiger partial charge in [0, 0.05) is 12.1 Å². The van der Waals surface area contributed by atoms with Crippen LogP contribution in [0.1, 0.15) is 18.6 Å². The molecule has 0 aliphatic heterocycles. The van der Waals surface area contributed by atoms with Crippen molar-refractivity contribution in [3.05, 3.63) is 35.9 Å². The van der Waals surface area contributed by atoms with Crippen LogP contribution >= 0.6 is 0 Å². The maximum absolute atomic E-state index is 9.75. The Morgan fingerprint density at radius 2 is 1.50 bits per heavy atom. The lowest BCUT2D eigenvalue weighted by Crippen LogP contribution is -2.43. The number of benzene rings is 1. The Labute approximate surface area is 106 Å². The highest BCUT2D eigenvalue weighted by Crippen LogP contribution is 2.15. The lowest BCUT2D eigenvalue weighted by molar-refractivity contribution is 0.137. The van der Waals surface area contributed by atoms with Gasteiger partial charge in [-0.1, -0.05) is 30.3 Å². The number of rotatable bonds is 3. The van der Waals surface area contributed by atoms with Crippen LogP contribution in [0, 0.1) is 0 Å². The molecule has 0 aliphatic carbocycles. The maximum Gasteiger partial charge on any atom is 0.394 e. The summed E-state index contributed by atoms with van der Waals surface area (Å²) in [6.07, 6.45) is -0.679. The van der Waals surface area contributed by atoms with Gasteiger partial charge in [-0.3, -0.25) is 9.11 Å². The van der Waals surface area contributed by atoms with Crippen LogP contribution in [0.3, 0.4) is 0 Å². The average Bonchev–Trinajstić information content (AvgIpc) is 2.26. The van der Waals surface area contributed by atoms with Gasteiger partial charge in [0.05, 0.1) is 6.10 Å². The van der Waals surface area contributed by atoms with Crippen LogP contribution < -0.4 is 11.5 Å². The number of aliphatic hydroxyl groups is 1. The number of aliphatic hydroxyl groups excluding tert-OH is 1. The van der Waals surface area contributed by atoms with Crippen molar-refractivity contribution >= 4 is 10.4 Å². The molecule has 0 saturated carbocycles. The van der Waals surface area contributed by atoms with Crippen LogP contribution in [0.4, 0.5) is 0 Å². The van der Waals surface area contributed by atoms with E-state index in [2.05, 4.69) is 0 Å². The Kier molecular flexibility index (Phi) is 6.99. The van der Waals surface area contributed by atoms with Gasteiger partial charge in [-0.2, -0.15) is 8.42 Å². The zero-order valence-electron chi connectivity index (χ0n) is 9.84. The third-order valence-corrected chi connectivity index (χ3v) is 2.11. The van der Waals surface area contributed by atoms with E-state index in [1.807, 2.05) is 30.3 Å². The molecule has 0 spiro atoms. The molecule has 0 radical (unpaired) electrons. The minimum Gasteiger partial charge on any atom is -0.387 e. The topological polar surface area (TPSA) is 147 Å². The molecule has 1 aromatic rings. The summed E-state index contributed by atoms with van der Waals surface area (Å²) in [5.74, 6) is 0. The van der Waals surface area contributed by atoms with E-state index in [0.717, 1.165) is 5.56 Å². The zero-order valence-corrected chi connectivity index (χ0v) is 10.7. The summed E-state index contributed by atoms with van der Waals surface area (Å²) in [6, 6.07) is 8.68. The highest BCUT2D eigenvalue weighted by atomic mass is 32.3. The minimum absolute atomic E-state index is 0.213. The summed E-state index contributed by atoms with van der Waals surface area (Å²) in [7, 11) is -4.67. The number of hydrogen-bond acceptors (Lipinski definition) is 5. The van der Waals surface area contributed by atoms with Gasteiger partial charge in [0.2, 0.25) is 0 Å². The molecule has 0 amide bonds. The molecule has 0 fully saturated rings. The fourth-order valence-corrected chi connectivity index (χ4v) is 1.16. The number of hydrogen-bond donors (Lipinski definition) is 5. The predicted molar refractivity (Wildman–Crippen MR) is 67.2 cm³/mol. The highest BCUT2D eigenvalue weighted by molar-refractivity contribution is 7.79. The van der Waals surface area contributed by atoms with E-state index in [1.165, 1.54) is 0 Å². The first kappa shape index (κ1) is 17.0. The van der Waals surface area contributed by atoms with Crippen LogP contribution in [-0.2, 0) is 10.4 Å². The van der Waals surface area contributed by atoms with Gasteiger partial charge in [-0.25, -0.2) is 0 Å². The molecule has 0 aliphatic rings. The fraction of sp³-hybridized carbons (Fsp3) is 0.400. The zero-order chi connectivity index (χ0) is 14.3. The van der Waals surface area contributed by atoms with Crippen molar-refractivity contribution in [2.45, 2.75) is 25.1 Å². The van der Waals surface area contributed by atoms with Crippen molar-refractivity contribution in [3.8, 4) is 0 Å². The largest absolute Gasteiger partial charge is 0.394 e. The Balaban J connectivity index is 0.000000494. The van der Waals surface area contributed by atoms with E-state index in [-0.39, 0.29) is 6.04 Å². The molecule has 1 aromatic carbocycles. The van der Waals surface area contributed by atoms with E-state index in [9.17, 15) is 5.11 Å². The minimum atomic E-state index is -4.67. The molecule has 7 nitrogen and oxygen atoms in total. The molecule has 0 saturated heterocycles. The van der Waals surface area contributed by atoms with Crippen LogP contribution in [0.15, 0.2) is 30.3 Å². The fourth-order valence-electron chi connectivity index (χ4n) is 1.16. The Morgan fingerprint density at radius 3 is 1.83 bits per heavy atom. The summed E-state index contributed by atoms with van der Waals surface area (Å²) in [4.78, 5) is 0. The predicted octanol–water partition coefficient (Wildman–Crippen LogP) is -0.258. The molecular weight excluding hydrogens is 260 g/mol. The van der Waals surface area contributed by atoms with Crippen molar-refractivity contribution in [1.29, 1.82) is 0 Å². The van der Waals surface area contributed by atoms with E-state index in [4.69, 9.17) is 29.0 Å². The second kappa shape index (κ2) is 7.41. The molecular formula is C10H18N2O5S. The summed E-state index contributed by atoms with van der Waals surface area (Å²) in [5.41, 5.74) is 12.1. The molecule has 8 heteroatoms. The molecule has 18 heavy (non-hydrogen) atoms. The van der Waals surface area contributed by atoms with E-state index in [0.29, 0.717) is 0 Å². The van der Waals surface area contributed by atoms with Gasteiger partial charge in [-0.15, -0.1) is 0 Å². The number of nitrogens with two attached hydrogens (primary N) is 2. The normalized spacial score (nSPS) is 16.1. The molecule has 0 bridgehead atoms. The Morgan fingerprint density at radius 1 is 1.11 bits per heavy atom. The van der Waals surface area contributed by atoms with Crippen molar-refractivity contribution < 1.29 is 22.6 Å². The van der Waals surface area contributed by atoms with Gasteiger partial charge in [-0.05, 0) is 12.5 Å². The quantitative estimate of drug-likeness (QED) is 0.478. The second-order valence-corrected chi connectivity index (χ2v) is 4.64. The SMILES string of the molecule is CC(N)C(N)C(O)c1ccccc1.O=S(=O)(O)O. The summed E-state index contributed by atoms with van der Waals surface area (Å²) < 4.78 is 31.6. The average molecular weight is 278 g/mol. The lowest BCUT2D eigenvalue weighted by atomic mass is 9.99. The van der Waals surface area contributed by atoms with E-state index < -0.39 is 22.5 Å². The second-order valence-electron chi connectivity index (χ2n) is 3.74. The first-order valence-corrected chi connectivity index (χ1v) is 6.46. The molecule has 0 aromatic heterocycles. The van der Waals surface area contributed by atoms with Crippen LogP contribution in [0.25, 0.3) is 0 Å². The van der Waals surface area contributed by atoms with Crippen molar-refractivity contribution in [2.24, 2.45) is 11.5 Å². The van der Waals surface area contributed by atoms with Crippen LogP contribution in [0.5, 0.6) is 0 Å². The van der Waals surface area contributed by atoms with Crippen molar-refractivity contribution in [3.63, 3.8) is 0 Å². The first-order chi connectivity index (χ1) is 8.13. The van der Waals surface area contributed by atoms with Crippen LogP contribution in [0.2, 0.25) is 0 Å². The Bertz CT molecular complexity index is 427. The summed E-state index contributed by atoms with van der Waals surface area (Å²) in [6.45, 7) is 1.79. The highest BCUT2D eigenvalue weighted by Gasteiger charge is 2.19. The first-order valence-electron chi connectivity index (χ1n) is 5.07. The molecule has 3 unspecified atom stereocenters. The Hall–Kier alpha value is -1.03. The van der Waals surface area contributed by atoms with Crippen molar-refractivity contribution in [1.82, 2.24) is 0 Å². The molecule has 7 N–H and O–H groups in total. The molecule has 0 heterocycles. The lowest BCUT2D eigenvalue weighted by Gasteiger charge is -2.22. The smallest absolute Gasteiger partial charge is 0.387 e. The van der Waals surface area contributed by atoms with Gasteiger partial charge in [0.25, 0.3) is 0 Å².